The third kappa shape index (κ3) is 3.65. The lowest BCUT2D eigenvalue weighted by atomic mass is 9.87. The number of benzene rings is 1. The number of imide groups is 1. The molecule has 1 saturated heterocycles. The zero-order chi connectivity index (χ0) is 19.9. The summed E-state index contributed by atoms with van der Waals surface area (Å²) in [6, 6.07) is 4.68. The lowest BCUT2D eigenvalue weighted by Gasteiger charge is -2.18. The van der Waals surface area contributed by atoms with Crippen LogP contribution in [-0.4, -0.2) is 52.8 Å². The van der Waals surface area contributed by atoms with Gasteiger partial charge in [-0.2, -0.15) is 0 Å². The maximum atomic E-state index is 12.2. The molecule has 0 bridgehead atoms. The molecule has 1 aliphatic heterocycles. The first-order valence-corrected chi connectivity index (χ1v) is 8.79. The van der Waals surface area contributed by atoms with E-state index >= 15 is 0 Å². The van der Waals surface area contributed by atoms with Crippen LogP contribution in [0.5, 0.6) is 0 Å². The summed E-state index contributed by atoms with van der Waals surface area (Å²) < 4.78 is 5.67. The summed E-state index contributed by atoms with van der Waals surface area (Å²) in [5.41, 5.74) is 2.55. The second-order valence-electron chi connectivity index (χ2n) is 7.83. The summed E-state index contributed by atoms with van der Waals surface area (Å²) in [6.45, 7) is 6.49. The van der Waals surface area contributed by atoms with Crippen molar-refractivity contribution >= 4 is 28.9 Å². The topological polar surface area (TPSA) is 95.8 Å². The van der Waals surface area contributed by atoms with Crippen LogP contribution in [0.25, 0.3) is 11.1 Å². The van der Waals surface area contributed by atoms with Gasteiger partial charge in [0.2, 0.25) is 11.8 Å². The van der Waals surface area contributed by atoms with E-state index in [0.717, 1.165) is 16.0 Å². The minimum absolute atomic E-state index is 0.00591. The molecule has 4 amide bonds. The number of carbonyl (C=O) groups is 3. The molecule has 0 unspecified atom stereocenters. The summed E-state index contributed by atoms with van der Waals surface area (Å²) in [7, 11) is 2.92. The standard InChI is InChI=1S/C19H24N4O4/c1-19(2,3)11-6-7-14-12(8-11)21-16(27-14)10-20-15(24)9-13-17(25)23(5)18(26)22(13)4/h6-8,13H,9-10H2,1-5H3,(H,20,24)/t13-/m1/s1. The van der Waals surface area contributed by atoms with Crippen LogP contribution in [0.2, 0.25) is 0 Å². The number of carbonyl (C=O) groups excluding carboxylic acids is 3. The molecule has 1 atom stereocenters. The van der Waals surface area contributed by atoms with Crippen LogP contribution in [-0.2, 0) is 21.5 Å². The van der Waals surface area contributed by atoms with E-state index in [1.165, 1.54) is 19.0 Å². The second-order valence-corrected chi connectivity index (χ2v) is 7.83. The lowest BCUT2D eigenvalue weighted by molar-refractivity contribution is -0.131. The van der Waals surface area contributed by atoms with Gasteiger partial charge < -0.3 is 14.6 Å². The summed E-state index contributed by atoms with van der Waals surface area (Å²) in [5.74, 6) is -0.334. The van der Waals surface area contributed by atoms with Gasteiger partial charge in [0.15, 0.2) is 5.58 Å². The first-order valence-electron chi connectivity index (χ1n) is 8.79. The molecule has 2 heterocycles. The first kappa shape index (κ1) is 18.9. The van der Waals surface area contributed by atoms with Gasteiger partial charge in [-0.05, 0) is 23.1 Å². The van der Waals surface area contributed by atoms with E-state index in [1.54, 1.807) is 0 Å². The molecule has 0 radical (unpaired) electrons. The van der Waals surface area contributed by atoms with Gasteiger partial charge in [-0.3, -0.25) is 14.5 Å². The number of rotatable bonds is 4. The number of nitrogens with zero attached hydrogens (tertiary/aromatic N) is 3. The van der Waals surface area contributed by atoms with Crippen LogP contribution in [0.1, 0.15) is 38.6 Å². The predicted octanol–water partition coefficient (Wildman–Crippen LogP) is 2.02. The molecule has 2 aromatic rings. The number of fused-ring (bicyclic) bond motifs is 1. The molecule has 0 aliphatic carbocycles. The quantitative estimate of drug-likeness (QED) is 0.829. The van der Waals surface area contributed by atoms with Crippen molar-refractivity contribution in [3.63, 3.8) is 0 Å². The summed E-state index contributed by atoms with van der Waals surface area (Å²) >= 11 is 0. The zero-order valence-corrected chi connectivity index (χ0v) is 16.2. The minimum atomic E-state index is -0.777. The Morgan fingerprint density at radius 1 is 1.26 bits per heavy atom. The van der Waals surface area contributed by atoms with Crippen molar-refractivity contribution in [2.45, 2.75) is 45.2 Å². The molecule has 144 valence electrons. The lowest BCUT2D eigenvalue weighted by Crippen LogP contribution is -2.37. The highest BCUT2D eigenvalue weighted by molar-refractivity contribution is 6.05. The van der Waals surface area contributed by atoms with E-state index in [0.29, 0.717) is 11.5 Å². The molecule has 1 aromatic heterocycles. The van der Waals surface area contributed by atoms with Crippen LogP contribution >= 0.6 is 0 Å². The van der Waals surface area contributed by atoms with E-state index in [9.17, 15) is 14.4 Å². The van der Waals surface area contributed by atoms with Gasteiger partial charge in [-0.1, -0.05) is 26.8 Å². The Hall–Kier alpha value is -2.90. The molecule has 1 fully saturated rings. The predicted molar refractivity (Wildman–Crippen MR) is 98.9 cm³/mol. The maximum Gasteiger partial charge on any atom is 0.326 e. The molecule has 1 aromatic carbocycles. The SMILES string of the molecule is CN1C(=O)[C@@H](CC(=O)NCc2nc3cc(C(C)(C)C)ccc3o2)N(C)C1=O. The average Bonchev–Trinajstić information content (AvgIpc) is 3.09. The van der Waals surface area contributed by atoms with Crippen LogP contribution in [0.3, 0.4) is 0 Å². The zero-order valence-electron chi connectivity index (χ0n) is 16.2. The maximum absolute atomic E-state index is 12.2. The monoisotopic (exact) mass is 372 g/mol. The van der Waals surface area contributed by atoms with Crippen LogP contribution < -0.4 is 5.32 Å². The van der Waals surface area contributed by atoms with Crippen molar-refractivity contribution in [3.05, 3.63) is 29.7 Å². The number of hydrogen-bond acceptors (Lipinski definition) is 5. The number of amides is 4. The summed E-state index contributed by atoms with van der Waals surface area (Å²) in [4.78, 5) is 42.7. The molecule has 1 N–H and O–H groups in total. The van der Waals surface area contributed by atoms with Gasteiger partial charge in [-0.15, -0.1) is 0 Å². The molecular formula is C19H24N4O4. The fraction of sp³-hybridized carbons (Fsp3) is 0.474. The molecule has 1 aliphatic rings. The number of nitrogens with one attached hydrogen (secondary N) is 1. The van der Waals surface area contributed by atoms with Crippen molar-refractivity contribution in [1.29, 1.82) is 0 Å². The van der Waals surface area contributed by atoms with E-state index < -0.39 is 12.1 Å². The second kappa shape index (κ2) is 6.68. The van der Waals surface area contributed by atoms with Gasteiger partial charge in [0.05, 0.1) is 13.0 Å². The molecule has 3 rings (SSSR count). The molecule has 8 heteroatoms. The minimum Gasteiger partial charge on any atom is -0.439 e. The van der Waals surface area contributed by atoms with Crippen molar-refractivity contribution in [2.75, 3.05) is 14.1 Å². The van der Waals surface area contributed by atoms with Crippen molar-refractivity contribution < 1.29 is 18.8 Å². The van der Waals surface area contributed by atoms with E-state index in [4.69, 9.17) is 4.42 Å². The van der Waals surface area contributed by atoms with Crippen LogP contribution in [0, 0.1) is 0 Å². The average molecular weight is 372 g/mol. The Labute approximate surface area is 157 Å². The number of hydrogen-bond donors (Lipinski definition) is 1. The molecule has 0 saturated carbocycles. The van der Waals surface area contributed by atoms with Gasteiger partial charge in [-0.25, -0.2) is 9.78 Å². The Bertz CT molecular complexity index is 912. The van der Waals surface area contributed by atoms with Gasteiger partial charge in [0.25, 0.3) is 5.91 Å². The number of aromatic nitrogens is 1. The Kier molecular flexibility index (Phi) is 4.67. The number of urea groups is 1. The fourth-order valence-electron chi connectivity index (χ4n) is 3.02. The first-order chi connectivity index (χ1) is 12.6. The van der Waals surface area contributed by atoms with Gasteiger partial charge in [0.1, 0.15) is 11.6 Å². The fourth-order valence-corrected chi connectivity index (χ4v) is 3.02. The van der Waals surface area contributed by atoms with E-state index in [-0.39, 0.29) is 30.2 Å². The summed E-state index contributed by atoms with van der Waals surface area (Å²) in [6.07, 6.45) is -0.0974. The normalized spacial score (nSPS) is 17.9. The van der Waals surface area contributed by atoms with Crippen molar-refractivity contribution in [2.24, 2.45) is 0 Å². The highest BCUT2D eigenvalue weighted by Crippen LogP contribution is 2.26. The summed E-state index contributed by atoms with van der Waals surface area (Å²) in [5, 5.41) is 2.70. The van der Waals surface area contributed by atoms with E-state index in [1.807, 2.05) is 18.2 Å². The van der Waals surface area contributed by atoms with Crippen molar-refractivity contribution in [3.8, 4) is 0 Å². The third-order valence-corrected chi connectivity index (χ3v) is 4.79. The Morgan fingerprint density at radius 2 is 1.96 bits per heavy atom. The Balaban J connectivity index is 1.64. The largest absolute Gasteiger partial charge is 0.439 e. The van der Waals surface area contributed by atoms with Crippen LogP contribution in [0.15, 0.2) is 22.6 Å². The highest BCUT2D eigenvalue weighted by Gasteiger charge is 2.41. The van der Waals surface area contributed by atoms with Gasteiger partial charge >= 0.3 is 6.03 Å². The molecular weight excluding hydrogens is 348 g/mol. The van der Waals surface area contributed by atoms with Gasteiger partial charge in [0, 0.05) is 14.1 Å². The smallest absolute Gasteiger partial charge is 0.326 e. The molecule has 8 nitrogen and oxygen atoms in total. The third-order valence-electron chi connectivity index (χ3n) is 4.79. The highest BCUT2D eigenvalue weighted by atomic mass is 16.3. The van der Waals surface area contributed by atoms with Crippen molar-refractivity contribution in [1.82, 2.24) is 20.1 Å². The Morgan fingerprint density at radius 3 is 2.56 bits per heavy atom. The van der Waals surface area contributed by atoms with Crippen LogP contribution in [0.4, 0.5) is 4.79 Å². The molecule has 0 spiro atoms. The number of likely N-dealkylation sites (N-methyl/N-ethyl adjacent to an activating group) is 2. The van der Waals surface area contributed by atoms with E-state index in [2.05, 4.69) is 31.1 Å². The molecule has 27 heavy (non-hydrogen) atoms. The number of oxazole rings is 1.